The summed E-state index contributed by atoms with van der Waals surface area (Å²) in [4.78, 5) is 17.3. The average Bonchev–Trinajstić information content (AvgIpc) is 3.31. The lowest BCUT2D eigenvalue weighted by atomic mass is 10.2. The van der Waals surface area contributed by atoms with Crippen LogP contribution in [0.2, 0.25) is 0 Å². The van der Waals surface area contributed by atoms with E-state index >= 15 is 0 Å². The predicted molar refractivity (Wildman–Crippen MR) is 98.2 cm³/mol. The Morgan fingerprint density at radius 2 is 2.04 bits per heavy atom. The second-order valence-corrected chi connectivity index (χ2v) is 5.86. The largest absolute Gasteiger partial charge is 0.448 e. The summed E-state index contributed by atoms with van der Waals surface area (Å²) in [5, 5.41) is 5.59. The van der Waals surface area contributed by atoms with Gasteiger partial charge in [-0.25, -0.2) is 14.5 Å². The number of carbonyl (C=O) groups is 1. The number of benzene rings is 2. The number of primary amides is 1. The summed E-state index contributed by atoms with van der Waals surface area (Å²) in [6, 6.07) is 15.0. The van der Waals surface area contributed by atoms with Gasteiger partial charge in [-0.05, 0) is 30.3 Å². The summed E-state index contributed by atoms with van der Waals surface area (Å²) in [6.07, 6.45) is 5.48. The highest BCUT2D eigenvalue weighted by molar-refractivity contribution is 5.93. The summed E-state index contributed by atoms with van der Waals surface area (Å²) in [7, 11) is 0. The summed E-state index contributed by atoms with van der Waals surface area (Å²) in [5.74, 6) is 0.700. The lowest BCUT2D eigenvalue weighted by Gasteiger charge is -2.19. The second kappa shape index (κ2) is 6.72. The molecule has 4 aromatic rings. The number of nitrogens with two attached hydrogens (primary N) is 1. The van der Waals surface area contributed by atoms with Crippen molar-refractivity contribution >= 4 is 22.6 Å². The molecule has 0 fully saturated rings. The molecule has 0 atom stereocenters. The average molecular weight is 347 g/mol. The van der Waals surface area contributed by atoms with Crippen molar-refractivity contribution in [3.05, 3.63) is 73.1 Å². The number of urea groups is 1. The smallest absolute Gasteiger partial charge is 0.319 e. The number of rotatable bonds is 5. The van der Waals surface area contributed by atoms with Gasteiger partial charge in [-0.3, -0.25) is 4.90 Å². The maximum Gasteiger partial charge on any atom is 0.319 e. The molecule has 7 heteroatoms. The molecule has 2 aromatic heterocycles. The molecule has 0 spiro atoms. The molecule has 0 aliphatic heterocycles. The van der Waals surface area contributed by atoms with E-state index in [-0.39, 0.29) is 0 Å². The van der Waals surface area contributed by atoms with Gasteiger partial charge in [0, 0.05) is 30.2 Å². The van der Waals surface area contributed by atoms with Gasteiger partial charge in [-0.2, -0.15) is 5.10 Å². The van der Waals surface area contributed by atoms with Gasteiger partial charge in [-0.1, -0.05) is 18.2 Å². The first-order chi connectivity index (χ1) is 12.7. The maximum atomic E-state index is 11.9. The first kappa shape index (κ1) is 15.9. The van der Waals surface area contributed by atoms with Crippen molar-refractivity contribution < 1.29 is 9.21 Å². The number of anilines is 1. The number of hydrogen-bond donors (Lipinski definition) is 1. The fraction of sp³-hybridized carbons (Fsp3) is 0.105. The Balaban J connectivity index is 1.63. The van der Waals surface area contributed by atoms with E-state index in [0.717, 1.165) is 16.6 Å². The highest BCUT2D eigenvalue weighted by Crippen LogP contribution is 2.23. The van der Waals surface area contributed by atoms with Crippen molar-refractivity contribution in [3.8, 4) is 5.69 Å². The van der Waals surface area contributed by atoms with Gasteiger partial charge in [0.2, 0.25) is 0 Å². The third-order valence-electron chi connectivity index (χ3n) is 4.15. The number of amides is 2. The molecule has 0 bridgehead atoms. The lowest BCUT2D eigenvalue weighted by Crippen LogP contribution is -2.37. The minimum atomic E-state index is -0.522. The monoisotopic (exact) mass is 347 g/mol. The first-order valence-corrected chi connectivity index (χ1v) is 8.20. The number of hydrogen-bond acceptors (Lipinski definition) is 4. The van der Waals surface area contributed by atoms with Crippen molar-refractivity contribution in [2.75, 3.05) is 11.4 Å². The van der Waals surface area contributed by atoms with Crippen LogP contribution in [0.4, 0.5) is 10.5 Å². The molecule has 7 nitrogen and oxygen atoms in total. The number of aromatic nitrogens is 3. The van der Waals surface area contributed by atoms with Crippen LogP contribution in [-0.2, 0) is 6.42 Å². The van der Waals surface area contributed by atoms with Gasteiger partial charge in [0.15, 0.2) is 6.39 Å². The van der Waals surface area contributed by atoms with E-state index in [1.807, 2.05) is 59.4 Å². The zero-order valence-electron chi connectivity index (χ0n) is 13.9. The molecule has 0 saturated heterocycles. The quantitative estimate of drug-likeness (QED) is 0.600. The molecule has 0 aliphatic rings. The SMILES string of the molecule is NC(=O)N(CCc1cnco1)c1ccc2cn(-c3ccccc3)nc2c1. The van der Waals surface area contributed by atoms with Crippen LogP contribution >= 0.6 is 0 Å². The van der Waals surface area contributed by atoms with E-state index in [1.54, 1.807) is 6.20 Å². The Morgan fingerprint density at radius 3 is 2.77 bits per heavy atom. The molecule has 26 heavy (non-hydrogen) atoms. The standard InChI is InChI=1S/C19H17N5O2/c20-19(25)23(9-8-17-11-21-13-26-17)16-7-6-14-12-24(22-18(14)10-16)15-4-2-1-3-5-15/h1-7,10-13H,8-9H2,(H2,20,25). The van der Waals surface area contributed by atoms with E-state index in [1.165, 1.54) is 11.3 Å². The van der Waals surface area contributed by atoms with Gasteiger partial charge in [0.1, 0.15) is 5.76 Å². The molecule has 0 unspecified atom stereocenters. The fourth-order valence-corrected chi connectivity index (χ4v) is 2.84. The zero-order valence-corrected chi connectivity index (χ0v) is 13.9. The second-order valence-electron chi connectivity index (χ2n) is 5.86. The summed E-state index contributed by atoms with van der Waals surface area (Å²) < 4.78 is 7.03. The number of para-hydroxylation sites is 1. The molecule has 4 rings (SSSR count). The van der Waals surface area contributed by atoms with E-state index in [9.17, 15) is 4.79 Å². The number of oxazole rings is 1. The van der Waals surface area contributed by atoms with Gasteiger partial charge >= 0.3 is 6.03 Å². The molecule has 2 aromatic carbocycles. The number of fused-ring (bicyclic) bond motifs is 1. The Labute approximate surface area is 149 Å². The van der Waals surface area contributed by atoms with E-state index < -0.39 is 6.03 Å². The van der Waals surface area contributed by atoms with E-state index in [4.69, 9.17) is 10.2 Å². The van der Waals surface area contributed by atoms with Crippen molar-refractivity contribution in [1.29, 1.82) is 0 Å². The van der Waals surface area contributed by atoms with Crippen LogP contribution in [0.25, 0.3) is 16.6 Å². The molecule has 130 valence electrons. The summed E-state index contributed by atoms with van der Waals surface area (Å²) >= 11 is 0. The molecular formula is C19H17N5O2. The van der Waals surface area contributed by atoms with Crippen molar-refractivity contribution in [3.63, 3.8) is 0 Å². The van der Waals surface area contributed by atoms with Crippen LogP contribution < -0.4 is 10.6 Å². The van der Waals surface area contributed by atoms with E-state index in [2.05, 4.69) is 10.1 Å². The molecule has 0 aliphatic carbocycles. The van der Waals surface area contributed by atoms with Crippen molar-refractivity contribution in [1.82, 2.24) is 14.8 Å². The number of carbonyl (C=O) groups excluding carboxylic acids is 1. The van der Waals surface area contributed by atoms with Gasteiger partial charge < -0.3 is 10.2 Å². The summed E-state index contributed by atoms with van der Waals surface area (Å²) in [6.45, 7) is 0.398. The maximum absolute atomic E-state index is 11.9. The summed E-state index contributed by atoms with van der Waals surface area (Å²) in [5.41, 5.74) is 8.02. The topological polar surface area (TPSA) is 90.2 Å². The normalized spacial score (nSPS) is 10.9. The van der Waals surface area contributed by atoms with E-state index in [0.29, 0.717) is 24.4 Å². The molecule has 2 amide bonds. The van der Waals surface area contributed by atoms with Crippen LogP contribution in [0.3, 0.4) is 0 Å². The van der Waals surface area contributed by atoms with Gasteiger partial charge in [-0.15, -0.1) is 0 Å². The highest BCUT2D eigenvalue weighted by atomic mass is 16.3. The zero-order chi connectivity index (χ0) is 17.9. The molecule has 0 saturated carbocycles. The Bertz CT molecular complexity index is 1020. The molecule has 2 N–H and O–H groups in total. The number of nitrogens with zero attached hydrogens (tertiary/aromatic N) is 4. The Hall–Kier alpha value is -3.61. The minimum absolute atomic E-state index is 0.398. The van der Waals surface area contributed by atoms with Crippen LogP contribution in [-0.4, -0.2) is 27.3 Å². The van der Waals surface area contributed by atoms with Crippen LogP contribution in [0.1, 0.15) is 5.76 Å². The molecule has 0 radical (unpaired) electrons. The third kappa shape index (κ3) is 3.14. The first-order valence-electron chi connectivity index (χ1n) is 8.20. The van der Waals surface area contributed by atoms with Crippen LogP contribution in [0.5, 0.6) is 0 Å². The fourth-order valence-electron chi connectivity index (χ4n) is 2.84. The Kier molecular flexibility index (Phi) is 4.10. The van der Waals surface area contributed by atoms with Crippen LogP contribution in [0.15, 0.2) is 71.7 Å². The van der Waals surface area contributed by atoms with Gasteiger partial charge in [0.05, 0.1) is 17.4 Å². The van der Waals surface area contributed by atoms with Gasteiger partial charge in [0.25, 0.3) is 0 Å². The van der Waals surface area contributed by atoms with Crippen molar-refractivity contribution in [2.45, 2.75) is 6.42 Å². The molecule has 2 heterocycles. The highest BCUT2D eigenvalue weighted by Gasteiger charge is 2.15. The predicted octanol–water partition coefficient (Wildman–Crippen LogP) is 3.14. The van der Waals surface area contributed by atoms with Crippen LogP contribution in [0, 0.1) is 0 Å². The minimum Gasteiger partial charge on any atom is -0.448 e. The molecular weight excluding hydrogens is 330 g/mol. The third-order valence-corrected chi connectivity index (χ3v) is 4.15. The lowest BCUT2D eigenvalue weighted by molar-refractivity contribution is 0.254. The van der Waals surface area contributed by atoms with Crippen molar-refractivity contribution in [2.24, 2.45) is 5.73 Å². The Morgan fingerprint density at radius 1 is 1.19 bits per heavy atom.